The molecule has 4 aromatic carbocycles. The molecule has 5 rings (SSSR count). The van der Waals surface area contributed by atoms with E-state index in [2.05, 4.69) is 59.3 Å². The Bertz CT molecular complexity index is 1430. The molecule has 0 radical (unpaired) electrons. The Morgan fingerprint density at radius 1 is 0.722 bits per heavy atom. The Morgan fingerprint density at radius 2 is 1.39 bits per heavy atom. The molecule has 0 aliphatic heterocycles. The molecule has 0 aliphatic rings. The van der Waals surface area contributed by atoms with Gasteiger partial charge in [-0.05, 0) is 90.9 Å². The number of hydrogen-bond acceptors (Lipinski definition) is 3. The van der Waals surface area contributed by atoms with Gasteiger partial charge in [0.05, 0.1) is 5.52 Å². The van der Waals surface area contributed by atoms with E-state index in [0.29, 0.717) is 6.42 Å². The molecule has 0 amide bonds. The SMILES string of the molecule is O=C([O-])CCc1ccc2c(c1)c(CCc1ccccc1)cn2-c1ccc(Oc2ccccc2)cc1.[Na+]. The quantitative estimate of drug-likeness (QED) is 0.303. The number of aliphatic carboxylic acids is 1. The molecular formula is C31H26NNaO3. The minimum atomic E-state index is -1.02. The van der Waals surface area contributed by atoms with Gasteiger partial charge in [-0.2, -0.15) is 0 Å². The molecule has 0 saturated heterocycles. The van der Waals surface area contributed by atoms with Crippen LogP contribution in [0.3, 0.4) is 0 Å². The maximum Gasteiger partial charge on any atom is 1.00 e. The van der Waals surface area contributed by atoms with Crippen molar-refractivity contribution in [3.63, 3.8) is 0 Å². The summed E-state index contributed by atoms with van der Waals surface area (Å²) in [5, 5.41) is 12.1. The van der Waals surface area contributed by atoms with Gasteiger partial charge in [0.15, 0.2) is 0 Å². The Kier molecular flexibility index (Phi) is 8.65. The van der Waals surface area contributed by atoms with Crippen LogP contribution in [0.1, 0.15) is 23.1 Å². The summed E-state index contributed by atoms with van der Waals surface area (Å²) in [7, 11) is 0. The Labute approximate surface area is 233 Å². The van der Waals surface area contributed by atoms with E-state index < -0.39 is 5.97 Å². The van der Waals surface area contributed by atoms with Gasteiger partial charge < -0.3 is 19.2 Å². The van der Waals surface area contributed by atoms with E-state index in [1.807, 2.05) is 54.6 Å². The minimum absolute atomic E-state index is 0. The van der Waals surface area contributed by atoms with Crippen molar-refractivity contribution in [1.82, 2.24) is 4.57 Å². The van der Waals surface area contributed by atoms with Crippen LogP contribution >= 0.6 is 0 Å². The number of hydrogen-bond donors (Lipinski definition) is 0. The molecule has 0 N–H and O–H groups in total. The fraction of sp³-hybridized carbons (Fsp3) is 0.129. The number of fused-ring (bicyclic) bond motifs is 1. The van der Waals surface area contributed by atoms with Gasteiger partial charge in [-0.15, -0.1) is 0 Å². The first-order chi connectivity index (χ1) is 17.2. The standard InChI is InChI=1S/C31H27NO3.Na/c33-31(34)20-13-24-12-19-30-29(21-24)25(14-11-23-7-3-1-4-8-23)22-32(30)26-15-17-28(18-16-26)35-27-9-5-2-6-10-27;/h1-10,12,15-19,21-22H,11,13-14,20H2,(H,33,34);/q;+1/p-1. The molecule has 0 saturated carbocycles. The van der Waals surface area contributed by atoms with Crippen molar-refractivity contribution in [3.05, 3.63) is 126 Å². The molecule has 0 fully saturated rings. The summed E-state index contributed by atoms with van der Waals surface area (Å²) < 4.78 is 8.15. The van der Waals surface area contributed by atoms with E-state index in [0.717, 1.165) is 46.5 Å². The Morgan fingerprint density at radius 3 is 2.08 bits per heavy atom. The number of rotatable bonds is 9. The molecule has 36 heavy (non-hydrogen) atoms. The molecule has 0 atom stereocenters. The molecule has 5 aromatic rings. The van der Waals surface area contributed by atoms with Crippen LogP contribution in [0.5, 0.6) is 11.5 Å². The maximum atomic E-state index is 11.0. The van der Waals surface area contributed by atoms with Gasteiger partial charge in [-0.1, -0.05) is 54.6 Å². The smallest absolute Gasteiger partial charge is 0.550 e. The summed E-state index contributed by atoms with van der Waals surface area (Å²) in [6.45, 7) is 0. The molecule has 0 aliphatic carbocycles. The van der Waals surface area contributed by atoms with Crippen molar-refractivity contribution in [1.29, 1.82) is 0 Å². The molecule has 4 nitrogen and oxygen atoms in total. The van der Waals surface area contributed by atoms with Crippen molar-refractivity contribution in [2.45, 2.75) is 25.7 Å². The number of carboxylic acids is 1. The molecule has 0 bridgehead atoms. The van der Waals surface area contributed by atoms with E-state index in [-0.39, 0.29) is 36.0 Å². The summed E-state index contributed by atoms with van der Waals surface area (Å²) in [5.41, 5.74) is 5.69. The van der Waals surface area contributed by atoms with Crippen molar-refractivity contribution >= 4 is 16.9 Å². The van der Waals surface area contributed by atoms with Gasteiger partial charge in [0, 0.05) is 23.2 Å². The van der Waals surface area contributed by atoms with E-state index in [1.54, 1.807) is 0 Å². The van der Waals surface area contributed by atoms with Crippen LogP contribution in [0.15, 0.2) is 109 Å². The van der Waals surface area contributed by atoms with E-state index in [4.69, 9.17) is 4.74 Å². The predicted octanol–water partition coefficient (Wildman–Crippen LogP) is 2.89. The zero-order chi connectivity index (χ0) is 24.0. The fourth-order valence-electron chi connectivity index (χ4n) is 4.38. The zero-order valence-electron chi connectivity index (χ0n) is 20.4. The van der Waals surface area contributed by atoms with Gasteiger partial charge in [0.25, 0.3) is 0 Å². The molecule has 1 aromatic heterocycles. The van der Waals surface area contributed by atoms with E-state index >= 15 is 0 Å². The number of para-hydroxylation sites is 1. The third-order valence-electron chi connectivity index (χ3n) is 6.19. The topological polar surface area (TPSA) is 54.3 Å². The summed E-state index contributed by atoms with van der Waals surface area (Å²) in [6.07, 6.45) is 4.52. The van der Waals surface area contributed by atoms with Crippen LogP contribution in [-0.4, -0.2) is 10.5 Å². The number of aryl methyl sites for hydroxylation is 3. The van der Waals surface area contributed by atoms with Crippen LogP contribution in [0.2, 0.25) is 0 Å². The van der Waals surface area contributed by atoms with Crippen molar-refractivity contribution < 1.29 is 44.2 Å². The number of ether oxygens (including phenoxy) is 1. The van der Waals surface area contributed by atoms with Gasteiger partial charge in [0.2, 0.25) is 0 Å². The number of carbonyl (C=O) groups excluding carboxylic acids is 1. The molecule has 1 heterocycles. The number of carbonyl (C=O) groups is 1. The first-order valence-electron chi connectivity index (χ1n) is 11.9. The Hall–Kier alpha value is -3.31. The third-order valence-corrected chi connectivity index (χ3v) is 6.19. The molecule has 174 valence electrons. The third kappa shape index (κ3) is 6.27. The van der Waals surface area contributed by atoms with Crippen LogP contribution in [0.4, 0.5) is 0 Å². The van der Waals surface area contributed by atoms with Gasteiger partial charge in [-0.25, -0.2) is 0 Å². The van der Waals surface area contributed by atoms with Crippen LogP contribution in [0, 0.1) is 0 Å². The normalized spacial score (nSPS) is 10.7. The first-order valence-corrected chi connectivity index (χ1v) is 11.9. The predicted molar refractivity (Wildman–Crippen MR) is 137 cm³/mol. The van der Waals surface area contributed by atoms with Crippen molar-refractivity contribution in [2.75, 3.05) is 0 Å². The minimum Gasteiger partial charge on any atom is -0.550 e. The average Bonchev–Trinajstić information content (AvgIpc) is 3.26. The second-order valence-electron chi connectivity index (χ2n) is 8.64. The monoisotopic (exact) mass is 483 g/mol. The summed E-state index contributed by atoms with van der Waals surface area (Å²) in [5.74, 6) is 0.564. The Balaban J connectivity index is 0.00000304. The van der Waals surface area contributed by atoms with Gasteiger partial charge in [-0.3, -0.25) is 0 Å². The zero-order valence-corrected chi connectivity index (χ0v) is 22.4. The average molecular weight is 484 g/mol. The molecule has 0 unspecified atom stereocenters. The number of aromatic nitrogens is 1. The second-order valence-corrected chi connectivity index (χ2v) is 8.64. The molecular weight excluding hydrogens is 457 g/mol. The molecule has 0 spiro atoms. The summed E-state index contributed by atoms with van der Waals surface area (Å²) in [4.78, 5) is 11.0. The first kappa shape index (κ1) is 25.8. The molecule has 5 heteroatoms. The van der Waals surface area contributed by atoms with Crippen molar-refractivity contribution in [3.8, 4) is 17.2 Å². The second kappa shape index (κ2) is 12.1. The number of nitrogens with zero attached hydrogens (tertiary/aromatic N) is 1. The number of benzene rings is 4. The van der Waals surface area contributed by atoms with Gasteiger partial charge >= 0.3 is 29.6 Å². The number of carboxylic acid groups (broad SMARTS) is 1. The maximum absolute atomic E-state index is 11.0. The van der Waals surface area contributed by atoms with E-state index in [9.17, 15) is 9.90 Å². The fourth-order valence-corrected chi connectivity index (χ4v) is 4.38. The van der Waals surface area contributed by atoms with Crippen LogP contribution in [0.25, 0.3) is 16.6 Å². The van der Waals surface area contributed by atoms with Crippen LogP contribution < -0.4 is 39.4 Å². The van der Waals surface area contributed by atoms with Gasteiger partial charge in [0.1, 0.15) is 11.5 Å². The van der Waals surface area contributed by atoms with E-state index in [1.165, 1.54) is 11.1 Å². The largest absolute Gasteiger partial charge is 1.00 e. The van der Waals surface area contributed by atoms with Crippen molar-refractivity contribution in [2.24, 2.45) is 0 Å². The summed E-state index contributed by atoms with van der Waals surface area (Å²) in [6, 6.07) is 34.5. The van der Waals surface area contributed by atoms with Crippen LogP contribution in [-0.2, 0) is 24.1 Å². The summed E-state index contributed by atoms with van der Waals surface area (Å²) >= 11 is 0.